The number of hydrogen-bond acceptors (Lipinski definition) is 2. The number of carbonyl (C=O) groups excluding carboxylic acids is 1. The fourth-order valence-electron chi connectivity index (χ4n) is 2.58. The number of anilines is 1. The van der Waals surface area contributed by atoms with Crippen LogP contribution in [-0.4, -0.2) is 17.0 Å². The predicted octanol–water partition coefficient (Wildman–Crippen LogP) is 6.92. The van der Waals surface area contributed by atoms with Crippen LogP contribution in [0.3, 0.4) is 0 Å². The van der Waals surface area contributed by atoms with E-state index < -0.39 is 11.9 Å². The van der Waals surface area contributed by atoms with Crippen LogP contribution < -0.4 is 5.32 Å². The highest BCUT2D eigenvalue weighted by Crippen LogP contribution is 2.33. The van der Waals surface area contributed by atoms with E-state index in [2.05, 4.69) is 5.32 Å². The Kier molecular flexibility index (Phi) is 6.16. The molecule has 0 saturated carbocycles. The molecule has 1 amide bonds. The van der Waals surface area contributed by atoms with Crippen LogP contribution >= 0.6 is 46.4 Å². The Labute approximate surface area is 180 Å². The van der Waals surface area contributed by atoms with Crippen LogP contribution in [0.1, 0.15) is 20.7 Å². The number of nitrogens with one attached hydrogen (secondary N) is 1. The maximum atomic E-state index is 12.5. The molecule has 2 N–H and O–H groups in total. The Morgan fingerprint density at radius 2 is 1.39 bits per heavy atom. The molecule has 0 aliphatic heterocycles. The Bertz CT molecular complexity index is 1100. The van der Waals surface area contributed by atoms with Crippen molar-refractivity contribution in [2.75, 3.05) is 5.32 Å². The molecule has 0 atom stereocenters. The van der Waals surface area contributed by atoms with Crippen molar-refractivity contribution in [2.24, 2.45) is 0 Å². The summed E-state index contributed by atoms with van der Waals surface area (Å²) >= 11 is 24.0. The van der Waals surface area contributed by atoms with Crippen LogP contribution in [0.2, 0.25) is 20.1 Å². The molecule has 0 fully saturated rings. The number of carboxylic acids is 1. The average molecular weight is 455 g/mol. The summed E-state index contributed by atoms with van der Waals surface area (Å²) in [5.74, 6) is -1.76. The van der Waals surface area contributed by atoms with E-state index in [0.29, 0.717) is 26.2 Å². The van der Waals surface area contributed by atoms with E-state index in [1.54, 1.807) is 24.3 Å². The van der Waals surface area contributed by atoms with E-state index in [1.165, 1.54) is 30.3 Å². The standard InChI is InChI=1S/C20H11Cl4NO3/c21-11-2-4-13(16(23)8-11)10-1-6-18(15(7-10)20(27)28)25-19(26)14-5-3-12(22)9-17(14)24/h1-9H,(H,25,26)(H,27,28). The van der Waals surface area contributed by atoms with E-state index >= 15 is 0 Å². The van der Waals surface area contributed by atoms with Crippen molar-refractivity contribution in [1.82, 2.24) is 0 Å². The molecule has 0 unspecified atom stereocenters. The minimum atomic E-state index is -1.20. The van der Waals surface area contributed by atoms with Crippen molar-refractivity contribution in [3.05, 3.63) is 85.8 Å². The molecule has 0 spiro atoms. The first-order chi connectivity index (χ1) is 13.3. The van der Waals surface area contributed by atoms with Gasteiger partial charge in [-0.05, 0) is 48.0 Å². The van der Waals surface area contributed by atoms with Crippen LogP contribution in [-0.2, 0) is 0 Å². The summed E-state index contributed by atoms with van der Waals surface area (Å²) in [4.78, 5) is 24.2. The molecule has 3 rings (SSSR count). The third-order valence-electron chi connectivity index (χ3n) is 3.92. The summed E-state index contributed by atoms with van der Waals surface area (Å²) in [6.45, 7) is 0. The quantitative estimate of drug-likeness (QED) is 0.449. The molecule has 8 heteroatoms. The fourth-order valence-corrected chi connectivity index (χ4v) is 3.60. The third kappa shape index (κ3) is 4.42. The van der Waals surface area contributed by atoms with Crippen molar-refractivity contribution in [2.45, 2.75) is 0 Å². The number of carbonyl (C=O) groups is 2. The molecule has 0 aliphatic carbocycles. The minimum Gasteiger partial charge on any atom is -0.478 e. The Hall–Kier alpha value is -2.24. The maximum Gasteiger partial charge on any atom is 0.337 e. The van der Waals surface area contributed by atoms with Gasteiger partial charge in [0, 0.05) is 20.6 Å². The van der Waals surface area contributed by atoms with Gasteiger partial charge in [-0.25, -0.2) is 4.79 Å². The average Bonchev–Trinajstić information content (AvgIpc) is 2.62. The summed E-state index contributed by atoms with van der Waals surface area (Å²) in [7, 11) is 0. The van der Waals surface area contributed by atoms with Crippen LogP contribution in [0, 0.1) is 0 Å². The molecule has 3 aromatic carbocycles. The van der Waals surface area contributed by atoms with Crippen LogP contribution in [0.15, 0.2) is 54.6 Å². The Morgan fingerprint density at radius 3 is 2.00 bits per heavy atom. The normalized spacial score (nSPS) is 10.6. The highest BCUT2D eigenvalue weighted by atomic mass is 35.5. The number of aromatic carboxylic acids is 1. The van der Waals surface area contributed by atoms with E-state index in [-0.39, 0.29) is 21.8 Å². The van der Waals surface area contributed by atoms with Gasteiger partial charge in [-0.15, -0.1) is 0 Å². The van der Waals surface area contributed by atoms with E-state index in [4.69, 9.17) is 46.4 Å². The molecule has 0 bridgehead atoms. The molecule has 3 aromatic rings. The first-order valence-corrected chi connectivity index (χ1v) is 9.36. The van der Waals surface area contributed by atoms with Crippen LogP contribution in [0.5, 0.6) is 0 Å². The number of halogens is 4. The van der Waals surface area contributed by atoms with Crippen LogP contribution in [0.4, 0.5) is 5.69 Å². The van der Waals surface area contributed by atoms with Gasteiger partial charge in [-0.2, -0.15) is 0 Å². The van der Waals surface area contributed by atoms with E-state index in [0.717, 1.165) is 0 Å². The number of benzene rings is 3. The fraction of sp³-hybridized carbons (Fsp3) is 0. The summed E-state index contributed by atoms with van der Waals surface area (Å²) in [6.07, 6.45) is 0. The van der Waals surface area contributed by atoms with Crippen LogP contribution in [0.25, 0.3) is 11.1 Å². The first-order valence-electron chi connectivity index (χ1n) is 7.85. The number of carboxylic acid groups (broad SMARTS) is 1. The third-order valence-corrected chi connectivity index (χ3v) is 5.01. The molecular formula is C20H11Cl4NO3. The second-order valence-electron chi connectivity index (χ2n) is 5.77. The zero-order valence-corrected chi connectivity index (χ0v) is 17.0. The number of rotatable bonds is 4. The lowest BCUT2D eigenvalue weighted by molar-refractivity contribution is 0.0698. The topological polar surface area (TPSA) is 66.4 Å². The van der Waals surface area contributed by atoms with Crippen molar-refractivity contribution in [3.8, 4) is 11.1 Å². The van der Waals surface area contributed by atoms with Gasteiger partial charge < -0.3 is 10.4 Å². The zero-order valence-electron chi connectivity index (χ0n) is 14.0. The van der Waals surface area contributed by atoms with Crippen molar-refractivity contribution in [3.63, 3.8) is 0 Å². The van der Waals surface area contributed by atoms with E-state index in [9.17, 15) is 14.7 Å². The van der Waals surface area contributed by atoms with Gasteiger partial charge in [-0.3, -0.25) is 4.79 Å². The molecule has 0 saturated heterocycles. The second-order valence-corrected chi connectivity index (χ2v) is 7.46. The molecule has 0 heterocycles. The molecule has 0 aromatic heterocycles. The number of hydrogen-bond donors (Lipinski definition) is 2. The van der Waals surface area contributed by atoms with Gasteiger partial charge in [0.2, 0.25) is 0 Å². The van der Waals surface area contributed by atoms with Gasteiger partial charge in [0.05, 0.1) is 21.8 Å². The summed E-state index contributed by atoms with van der Waals surface area (Å²) in [6, 6.07) is 13.9. The first kappa shape index (κ1) is 20.5. The van der Waals surface area contributed by atoms with Gasteiger partial charge >= 0.3 is 5.97 Å². The van der Waals surface area contributed by atoms with Gasteiger partial charge in [0.25, 0.3) is 5.91 Å². The second kappa shape index (κ2) is 8.41. The smallest absolute Gasteiger partial charge is 0.337 e. The van der Waals surface area contributed by atoms with Crippen molar-refractivity contribution < 1.29 is 14.7 Å². The Balaban J connectivity index is 1.97. The molecule has 0 aliphatic rings. The predicted molar refractivity (Wildman–Crippen MR) is 113 cm³/mol. The van der Waals surface area contributed by atoms with Gasteiger partial charge in [0.15, 0.2) is 0 Å². The molecule has 28 heavy (non-hydrogen) atoms. The summed E-state index contributed by atoms with van der Waals surface area (Å²) < 4.78 is 0. The maximum absolute atomic E-state index is 12.5. The lowest BCUT2D eigenvalue weighted by Gasteiger charge is -2.12. The highest BCUT2D eigenvalue weighted by Gasteiger charge is 2.17. The molecule has 4 nitrogen and oxygen atoms in total. The highest BCUT2D eigenvalue weighted by molar-refractivity contribution is 6.37. The van der Waals surface area contributed by atoms with Gasteiger partial charge in [0.1, 0.15) is 0 Å². The molecular weight excluding hydrogens is 444 g/mol. The monoisotopic (exact) mass is 453 g/mol. The van der Waals surface area contributed by atoms with E-state index in [1.807, 2.05) is 0 Å². The lowest BCUT2D eigenvalue weighted by atomic mass is 10.0. The zero-order chi connectivity index (χ0) is 20.4. The Morgan fingerprint density at radius 1 is 0.750 bits per heavy atom. The minimum absolute atomic E-state index is 0.0954. The van der Waals surface area contributed by atoms with Crippen molar-refractivity contribution >= 4 is 64.0 Å². The number of amides is 1. The van der Waals surface area contributed by atoms with Crippen molar-refractivity contribution in [1.29, 1.82) is 0 Å². The largest absolute Gasteiger partial charge is 0.478 e. The molecule has 142 valence electrons. The SMILES string of the molecule is O=C(Nc1ccc(-c2ccc(Cl)cc2Cl)cc1C(=O)O)c1ccc(Cl)cc1Cl. The summed E-state index contributed by atoms with van der Waals surface area (Å²) in [5, 5.41) is 13.5. The lowest BCUT2D eigenvalue weighted by Crippen LogP contribution is -2.15. The van der Waals surface area contributed by atoms with Gasteiger partial charge in [-0.1, -0.05) is 58.5 Å². The molecule has 0 radical (unpaired) electrons. The summed E-state index contributed by atoms with van der Waals surface area (Å²) in [5.41, 5.74) is 1.39.